The van der Waals surface area contributed by atoms with E-state index in [0.717, 1.165) is 0 Å². The van der Waals surface area contributed by atoms with Gasteiger partial charge in [-0.3, -0.25) is 14.1 Å². The number of β-lactam (4-membered cyclic amide) rings is 1. The second kappa shape index (κ2) is 4.64. The second-order valence-electron chi connectivity index (χ2n) is 4.85. The molecule has 0 radical (unpaired) electrons. The average molecular weight is 332 g/mol. The highest BCUT2D eigenvalue weighted by Crippen LogP contribution is 2.35. The summed E-state index contributed by atoms with van der Waals surface area (Å²) in [6, 6.07) is -1.48. The molecule has 2 aliphatic rings. The molecule has 1 aromatic rings. The molecule has 0 aromatic carbocycles. The number of aromatic nitrogens is 1. The zero-order valence-corrected chi connectivity index (χ0v) is 12.3. The van der Waals surface area contributed by atoms with Crippen molar-refractivity contribution in [2.45, 2.75) is 24.9 Å². The third-order valence-electron chi connectivity index (χ3n) is 3.61. The fraction of sp³-hybridized carbons (Fsp3) is 0.500. The Morgan fingerprint density at radius 2 is 2.29 bits per heavy atom. The topological polar surface area (TPSA) is 134 Å². The molecule has 21 heavy (non-hydrogen) atoms. The van der Waals surface area contributed by atoms with Gasteiger partial charge in [-0.05, 0) is 6.42 Å². The van der Waals surface area contributed by atoms with E-state index in [1.807, 2.05) is 0 Å². The van der Waals surface area contributed by atoms with Gasteiger partial charge in [0.1, 0.15) is 6.04 Å². The first kappa shape index (κ1) is 14.2. The van der Waals surface area contributed by atoms with Gasteiger partial charge in [0.25, 0.3) is 5.91 Å². The summed E-state index contributed by atoms with van der Waals surface area (Å²) in [7, 11) is -4.56. The van der Waals surface area contributed by atoms with Crippen LogP contribution in [-0.4, -0.2) is 57.6 Å². The van der Waals surface area contributed by atoms with Gasteiger partial charge < -0.3 is 10.6 Å². The fourth-order valence-electron chi connectivity index (χ4n) is 2.76. The molecule has 2 saturated heterocycles. The van der Waals surface area contributed by atoms with Crippen molar-refractivity contribution in [1.82, 2.24) is 14.2 Å². The van der Waals surface area contributed by atoms with Crippen molar-refractivity contribution in [3.8, 4) is 0 Å². The number of hydrogen-bond acceptors (Lipinski definition) is 7. The van der Waals surface area contributed by atoms with Crippen LogP contribution in [0.3, 0.4) is 0 Å². The van der Waals surface area contributed by atoms with E-state index >= 15 is 0 Å². The molecular formula is C10H12N4O5S2. The molecule has 3 rings (SSSR count). The van der Waals surface area contributed by atoms with Crippen LogP contribution in [0.25, 0.3) is 0 Å². The standard InChI is InChI=1S/C10H12N4O5S2/c11-10-12-5(4-20-10)3-7(15)13-2-1-6-8(13)9(16)14(6)21(17,18)19/h4,6,8H,1-3H2,(H2,11,12)(H,17,18,19). The van der Waals surface area contributed by atoms with Gasteiger partial charge in [-0.1, -0.05) is 0 Å². The summed E-state index contributed by atoms with van der Waals surface area (Å²) in [5, 5.41) is 2.02. The van der Waals surface area contributed by atoms with Crippen LogP contribution in [0, 0.1) is 0 Å². The van der Waals surface area contributed by atoms with Crippen LogP contribution in [0.5, 0.6) is 0 Å². The van der Waals surface area contributed by atoms with Crippen LogP contribution in [-0.2, 0) is 26.3 Å². The van der Waals surface area contributed by atoms with Gasteiger partial charge >= 0.3 is 10.3 Å². The molecule has 3 heterocycles. The number of hydrogen-bond donors (Lipinski definition) is 2. The van der Waals surface area contributed by atoms with Crippen molar-refractivity contribution in [1.29, 1.82) is 0 Å². The first-order valence-corrected chi connectivity index (χ1v) is 8.36. The quantitative estimate of drug-likeness (QED) is 0.529. The fourth-order valence-corrected chi connectivity index (χ4v) is 4.22. The lowest BCUT2D eigenvalue weighted by Crippen LogP contribution is -2.68. The molecule has 2 aliphatic heterocycles. The van der Waals surface area contributed by atoms with Crippen molar-refractivity contribution in [3.63, 3.8) is 0 Å². The molecule has 0 aliphatic carbocycles. The molecule has 0 spiro atoms. The number of carbonyl (C=O) groups is 2. The SMILES string of the molecule is Nc1nc(CC(=O)N2CCC3C2C(=O)N3S(=O)(=O)O)cs1. The Morgan fingerprint density at radius 3 is 2.86 bits per heavy atom. The Balaban J connectivity index is 1.72. The number of nitrogens with zero attached hydrogens (tertiary/aromatic N) is 3. The number of carbonyl (C=O) groups excluding carboxylic acids is 2. The van der Waals surface area contributed by atoms with Gasteiger partial charge in [0.15, 0.2) is 5.13 Å². The van der Waals surface area contributed by atoms with Crippen LogP contribution in [0.1, 0.15) is 12.1 Å². The molecule has 2 amide bonds. The Hall–Kier alpha value is -1.72. The van der Waals surface area contributed by atoms with E-state index in [2.05, 4.69) is 4.98 Å². The highest BCUT2D eigenvalue weighted by molar-refractivity contribution is 7.84. The molecule has 2 unspecified atom stereocenters. The number of nitrogens with two attached hydrogens (primary N) is 1. The third-order valence-corrected chi connectivity index (χ3v) is 5.28. The number of anilines is 1. The summed E-state index contributed by atoms with van der Waals surface area (Å²) in [5.41, 5.74) is 6.00. The van der Waals surface area contributed by atoms with E-state index in [1.54, 1.807) is 5.38 Å². The summed E-state index contributed by atoms with van der Waals surface area (Å²) in [5.74, 6) is -1.08. The van der Waals surface area contributed by atoms with Crippen molar-refractivity contribution in [2.24, 2.45) is 0 Å². The minimum atomic E-state index is -4.56. The smallest absolute Gasteiger partial charge is 0.362 e. The monoisotopic (exact) mass is 332 g/mol. The first-order valence-electron chi connectivity index (χ1n) is 6.09. The highest BCUT2D eigenvalue weighted by Gasteiger charge is 2.59. The molecule has 2 fully saturated rings. The van der Waals surface area contributed by atoms with E-state index in [0.29, 0.717) is 21.6 Å². The maximum atomic E-state index is 12.2. The van der Waals surface area contributed by atoms with Crippen LogP contribution < -0.4 is 5.73 Å². The van der Waals surface area contributed by atoms with Gasteiger partial charge in [0.05, 0.1) is 18.2 Å². The number of thiazole rings is 1. The number of amides is 2. The molecule has 11 heteroatoms. The third kappa shape index (κ3) is 2.26. The molecule has 3 N–H and O–H groups in total. The number of rotatable bonds is 3. The predicted octanol–water partition coefficient (Wildman–Crippen LogP) is -1.12. The maximum Gasteiger partial charge on any atom is 0.362 e. The minimum absolute atomic E-state index is 0.01000. The van der Waals surface area contributed by atoms with Crippen molar-refractivity contribution >= 4 is 38.6 Å². The van der Waals surface area contributed by atoms with Gasteiger partial charge in [-0.2, -0.15) is 8.42 Å². The predicted molar refractivity (Wildman–Crippen MR) is 72.5 cm³/mol. The zero-order valence-electron chi connectivity index (χ0n) is 10.7. The highest BCUT2D eigenvalue weighted by atomic mass is 32.2. The van der Waals surface area contributed by atoms with Crippen molar-refractivity contribution < 1.29 is 22.6 Å². The lowest BCUT2D eigenvalue weighted by molar-refractivity contribution is -0.151. The Kier molecular flexibility index (Phi) is 3.15. The minimum Gasteiger partial charge on any atom is -0.375 e. The van der Waals surface area contributed by atoms with Crippen LogP contribution >= 0.6 is 11.3 Å². The maximum absolute atomic E-state index is 12.2. The Labute approximate surface area is 124 Å². The lowest BCUT2D eigenvalue weighted by atomic mass is 10.00. The number of fused-ring (bicyclic) bond motifs is 1. The number of likely N-dealkylation sites (tertiary alicyclic amines) is 1. The lowest BCUT2D eigenvalue weighted by Gasteiger charge is -2.42. The van der Waals surface area contributed by atoms with Crippen LogP contribution in [0.2, 0.25) is 0 Å². The van der Waals surface area contributed by atoms with E-state index in [9.17, 15) is 18.0 Å². The summed E-state index contributed by atoms with van der Waals surface area (Å²) >= 11 is 1.22. The van der Waals surface area contributed by atoms with E-state index < -0.39 is 28.3 Å². The van der Waals surface area contributed by atoms with E-state index in [1.165, 1.54) is 16.2 Å². The van der Waals surface area contributed by atoms with Crippen LogP contribution in [0.15, 0.2) is 5.38 Å². The van der Waals surface area contributed by atoms with Gasteiger partial charge in [0.2, 0.25) is 5.91 Å². The molecule has 0 bridgehead atoms. The molecule has 9 nitrogen and oxygen atoms in total. The molecule has 1 aromatic heterocycles. The average Bonchev–Trinajstić information content (AvgIpc) is 2.91. The molecule has 114 valence electrons. The zero-order chi connectivity index (χ0) is 15.4. The summed E-state index contributed by atoms with van der Waals surface area (Å²) in [6.07, 6.45) is 0.331. The largest absolute Gasteiger partial charge is 0.375 e. The Morgan fingerprint density at radius 1 is 1.57 bits per heavy atom. The summed E-state index contributed by atoms with van der Waals surface area (Å²) in [4.78, 5) is 29.3. The van der Waals surface area contributed by atoms with Crippen LogP contribution in [0.4, 0.5) is 5.13 Å². The van der Waals surface area contributed by atoms with Crippen molar-refractivity contribution in [2.75, 3.05) is 12.3 Å². The van der Waals surface area contributed by atoms with Gasteiger partial charge in [-0.15, -0.1) is 11.3 Å². The van der Waals surface area contributed by atoms with Gasteiger partial charge in [0, 0.05) is 11.9 Å². The van der Waals surface area contributed by atoms with E-state index in [-0.39, 0.29) is 18.9 Å². The first-order chi connectivity index (χ1) is 9.79. The normalized spacial score (nSPS) is 24.9. The van der Waals surface area contributed by atoms with Crippen molar-refractivity contribution in [3.05, 3.63) is 11.1 Å². The summed E-state index contributed by atoms with van der Waals surface area (Å²) in [6.45, 7) is 0.269. The molecule has 2 atom stereocenters. The summed E-state index contributed by atoms with van der Waals surface area (Å²) < 4.78 is 31.5. The molecular weight excluding hydrogens is 320 g/mol. The van der Waals surface area contributed by atoms with E-state index in [4.69, 9.17) is 10.3 Å². The second-order valence-corrected chi connectivity index (χ2v) is 7.03. The number of nitrogen functional groups attached to an aromatic ring is 1. The Bertz CT molecular complexity index is 715. The van der Waals surface area contributed by atoms with Gasteiger partial charge in [-0.25, -0.2) is 9.29 Å². The molecule has 0 saturated carbocycles.